The lowest BCUT2D eigenvalue weighted by molar-refractivity contribution is -0.137. The fourth-order valence-electron chi connectivity index (χ4n) is 5.00. The number of piperidine rings is 1. The Morgan fingerprint density at radius 2 is 1.97 bits per heavy atom. The zero-order chi connectivity index (χ0) is 25.8. The lowest BCUT2D eigenvalue weighted by Gasteiger charge is -2.43. The molecule has 1 aromatic rings. The van der Waals surface area contributed by atoms with Gasteiger partial charge in [0.2, 0.25) is 5.91 Å². The molecule has 2 heterocycles. The average Bonchev–Trinajstić information content (AvgIpc) is 3.17. The van der Waals surface area contributed by atoms with Gasteiger partial charge in [0.15, 0.2) is 0 Å². The summed E-state index contributed by atoms with van der Waals surface area (Å²) in [5.74, 6) is -0.570. The molecule has 0 aromatic heterocycles. The Hall–Kier alpha value is -3.00. The van der Waals surface area contributed by atoms with Crippen molar-refractivity contribution < 1.29 is 27.5 Å². The third kappa shape index (κ3) is 5.99. The van der Waals surface area contributed by atoms with Gasteiger partial charge in [0, 0.05) is 57.0 Å². The monoisotopic (exact) mass is 495 g/mol. The van der Waals surface area contributed by atoms with Crippen LogP contribution in [0, 0.1) is 22.7 Å². The number of nitrogens with zero attached hydrogens (tertiary/aromatic N) is 3. The molecule has 3 amide bonds. The number of hydrogen-bond donors (Lipinski definition) is 2. The van der Waals surface area contributed by atoms with Gasteiger partial charge in [0.25, 0.3) is 0 Å². The van der Waals surface area contributed by atoms with E-state index in [2.05, 4.69) is 10.6 Å². The van der Waals surface area contributed by atoms with Crippen molar-refractivity contribution in [3.63, 3.8) is 0 Å². The Morgan fingerprint density at radius 1 is 1.29 bits per heavy atom. The number of alkyl halides is 3. The first kappa shape index (κ1) is 26.6. The standard InChI is InChI=1S/C24H32F3N5O3/c1-16(2)30-22(34)32-14-20(21(33)29-8-11-35-3)23(15-32)6-9-31(10-7-23)18-5-4-17(13-28)19(12-18)24(25,26)27/h4-5,12,16,20H,6-11,14-15H2,1-3H3,(H,29,33)(H,30,34). The van der Waals surface area contributed by atoms with Crippen LogP contribution in [0.2, 0.25) is 0 Å². The zero-order valence-electron chi connectivity index (χ0n) is 20.2. The number of carbonyl (C=O) groups excluding carboxylic acids is 2. The number of hydrogen-bond acceptors (Lipinski definition) is 5. The molecule has 192 valence electrons. The van der Waals surface area contributed by atoms with Crippen molar-refractivity contribution >= 4 is 17.6 Å². The Bertz CT molecular complexity index is 968. The zero-order valence-corrected chi connectivity index (χ0v) is 20.2. The van der Waals surface area contributed by atoms with Crippen molar-refractivity contribution in [3.05, 3.63) is 29.3 Å². The van der Waals surface area contributed by atoms with Crippen LogP contribution in [0.1, 0.15) is 37.8 Å². The van der Waals surface area contributed by atoms with E-state index in [4.69, 9.17) is 10.00 Å². The van der Waals surface area contributed by atoms with Crippen LogP contribution in [0.25, 0.3) is 0 Å². The van der Waals surface area contributed by atoms with Gasteiger partial charge in [0.1, 0.15) is 0 Å². The van der Waals surface area contributed by atoms with E-state index in [-0.39, 0.29) is 24.5 Å². The van der Waals surface area contributed by atoms with Crippen molar-refractivity contribution in [1.82, 2.24) is 15.5 Å². The number of nitriles is 1. The summed E-state index contributed by atoms with van der Waals surface area (Å²) in [5.41, 5.74) is -1.45. The van der Waals surface area contributed by atoms with E-state index in [9.17, 15) is 22.8 Å². The molecule has 0 saturated carbocycles. The molecule has 0 radical (unpaired) electrons. The minimum atomic E-state index is -4.63. The summed E-state index contributed by atoms with van der Waals surface area (Å²) in [7, 11) is 1.55. The van der Waals surface area contributed by atoms with Crippen LogP contribution in [0.15, 0.2) is 18.2 Å². The van der Waals surface area contributed by atoms with Crippen molar-refractivity contribution in [3.8, 4) is 6.07 Å². The minimum Gasteiger partial charge on any atom is -0.383 e. The highest BCUT2D eigenvalue weighted by Crippen LogP contribution is 2.46. The molecule has 8 nitrogen and oxygen atoms in total. The molecule has 2 fully saturated rings. The van der Waals surface area contributed by atoms with E-state index in [1.807, 2.05) is 18.7 Å². The molecule has 0 aliphatic carbocycles. The number of rotatable bonds is 6. The van der Waals surface area contributed by atoms with Crippen LogP contribution in [-0.2, 0) is 15.7 Å². The van der Waals surface area contributed by atoms with E-state index < -0.39 is 28.6 Å². The van der Waals surface area contributed by atoms with E-state index >= 15 is 0 Å². The molecule has 2 saturated heterocycles. The van der Waals surface area contributed by atoms with Gasteiger partial charge in [0.05, 0.1) is 29.7 Å². The number of urea groups is 1. The quantitative estimate of drug-likeness (QED) is 0.592. The van der Waals surface area contributed by atoms with Crippen LogP contribution in [0.3, 0.4) is 0 Å². The van der Waals surface area contributed by atoms with Crippen LogP contribution < -0.4 is 15.5 Å². The molecule has 2 aliphatic heterocycles. The predicted octanol–water partition coefficient (Wildman–Crippen LogP) is 2.98. The SMILES string of the molecule is COCCNC(=O)C1CN(C(=O)NC(C)C)CC12CCN(c1ccc(C#N)c(C(F)(F)F)c1)CC2. The van der Waals surface area contributed by atoms with Gasteiger partial charge >= 0.3 is 12.2 Å². The topological polar surface area (TPSA) is 97.7 Å². The molecule has 1 unspecified atom stereocenters. The van der Waals surface area contributed by atoms with Gasteiger partial charge in [-0.3, -0.25) is 4.79 Å². The van der Waals surface area contributed by atoms with E-state index in [0.717, 1.165) is 6.07 Å². The molecule has 1 aromatic carbocycles. The highest BCUT2D eigenvalue weighted by molar-refractivity contribution is 5.83. The predicted molar refractivity (Wildman–Crippen MR) is 124 cm³/mol. The average molecular weight is 496 g/mol. The largest absolute Gasteiger partial charge is 0.417 e. The second kappa shape index (κ2) is 10.7. The third-order valence-corrected chi connectivity index (χ3v) is 6.82. The fourth-order valence-corrected chi connectivity index (χ4v) is 5.00. The number of halogens is 3. The van der Waals surface area contributed by atoms with Crippen molar-refractivity contribution in [2.24, 2.45) is 11.3 Å². The van der Waals surface area contributed by atoms with E-state index in [1.54, 1.807) is 18.1 Å². The van der Waals surface area contributed by atoms with Crippen LogP contribution in [-0.4, -0.2) is 69.3 Å². The molecule has 0 bridgehead atoms. The van der Waals surface area contributed by atoms with Crippen molar-refractivity contribution in [2.75, 3.05) is 51.3 Å². The number of anilines is 1. The van der Waals surface area contributed by atoms with Crippen LogP contribution >= 0.6 is 0 Å². The summed E-state index contributed by atoms with van der Waals surface area (Å²) in [4.78, 5) is 29.3. The molecule has 1 spiro atoms. The highest BCUT2D eigenvalue weighted by Gasteiger charge is 2.52. The van der Waals surface area contributed by atoms with Crippen LogP contribution in [0.4, 0.5) is 23.7 Å². The molecule has 2 aliphatic rings. The van der Waals surface area contributed by atoms with Gasteiger partial charge < -0.3 is 25.2 Å². The normalized spacial score (nSPS) is 19.7. The maximum atomic E-state index is 13.4. The van der Waals surface area contributed by atoms with Gasteiger partial charge in [-0.15, -0.1) is 0 Å². The molecular formula is C24H32F3N5O3. The molecule has 1 atom stereocenters. The first-order chi connectivity index (χ1) is 16.5. The summed E-state index contributed by atoms with van der Waals surface area (Å²) < 4.78 is 45.3. The summed E-state index contributed by atoms with van der Waals surface area (Å²) >= 11 is 0. The van der Waals surface area contributed by atoms with Gasteiger partial charge in [-0.25, -0.2) is 4.79 Å². The molecular weight excluding hydrogens is 463 g/mol. The minimum absolute atomic E-state index is 0.0471. The maximum absolute atomic E-state index is 13.4. The number of carbonyl (C=O) groups is 2. The number of ether oxygens (including phenoxy) is 1. The molecule has 3 rings (SSSR count). The summed E-state index contributed by atoms with van der Waals surface area (Å²) in [6.45, 7) is 6.02. The Kier molecular flexibility index (Phi) is 8.15. The summed E-state index contributed by atoms with van der Waals surface area (Å²) in [6.07, 6.45) is -3.54. The smallest absolute Gasteiger partial charge is 0.383 e. The van der Waals surface area contributed by atoms with Gasteiger partial charge in [-0.05, 0) is 44.9 Å². The second-order valence-electron chi connectivity index (χ2n) is 9.51. The maximum Gasteiger partial charge on any atom is 0.417 e. The molecule has 2 N–H and O–H groups in total. The summed E-state index contributed by atoms with van der Waals surface area (Å²) in [5, 5.41) is 14.8. The van der Waals surface area contributed by atoms with Gasteiger partial charge in [-0.2, -0.15) is 18.4 Å². The number of benzene rings is 1. The number of methoxy groups -OCH3 is 1. The van der Waals surface area contributed by atoms with Crippen molar-refractivity contribution in [2.45, 2.75) is 38.9 Å². The Labute approximate surface area is 203 Å². The Balaban J connectivity index is 1.79. The lowest BCUT2D eigenvalue weighted by atomic mass is 9.70. The Morgan fingerprint density at radius 3 is 2.54 bits per heavy atom. The van der Waals surface area contributed by atoms with E-state index in [0.29, 0.717) is 51.3 Å². The van der Waals surface area contributed by atoms with E-state index in [1.165, 1.54) is 12.1 Å². The third-order valence-electron chi connectivity index (χ3n) is 6.82. The fraction of sp³-hybridized carbons (Fsp3) is 0.625. The van der Waals surface area contributed by atoms with Crippen LogP contribution in [0.5, 0.6) is 0 Å². The number of amides is 3. The lowest BCUT2D eigenvalue weighted by Crippen LogP contribution is -2.49. The summed E-state index contributed by atoms with van der Waals surface area (Å²) in [6, 6.07) is 5.07. The molecule has 11 heteroatoms. The first-order valence-electron chi connectivity index (χ1n) is 11.7. The number of nitrogens with one attached hydrogen (secondary N) is 2. The first-order valence-corrected chi connectivity index (χ1v) is 11.7. The molecule has 35 heavy (non-hydrogen) atoms. The van der Waals surface area contributed by atoms with Crippen molar-refractivity contribution in [1.29, 1.82) is 5.26 Å². The van der Waals surface area contributed by atoms with Gasteiger partial charge in [-0.1, -0.05) is 0 Å². The highest BCUT2D eigenvalue weighted by atomic mass is 19.4. The number of likely N-dealkylation sites (tertiary alicyclic amines) is 1. The second-order valence-corrected chi connectivity index (χ2v) is 9.51.